The lowest BCUT2D eigenvalue weighted by molar-refractivity contribution is -0.126. The van der Waals surface area contributed by atoms with Crippen LogP contribution in [-0.4, -0.2) is 42.6 Å². The zero-order valence-corrected chi connectivity index (χ0v) is 13.2. The largest absolute Gasteiger partial charge is 0.445 e. The number of piperidine rings is 1. The molecule has 0 radical (unpaired) electrons. The summed E-state index contributed by atoms with van der Waals surface area (Å²) < 4.78 is 11.3. The summed E-state index contributed by atoms with van der Waals surface area (Å²) in [6.07, 6.45) is 4.57. The zero-order chi connectivity index (χ0) is 16.1. The number of carbonyl (C=O) groups excluding carboxylic acids is 2. The molecular weight excluding hydrogens is 294 g/mol. The van der Waals surface area contributed by atoms with Crippen molar-refractivity contribution in [3.05, 3.63) is 35.9 Å². The fraction of sp³-hybridized carbons (Fsp3) is 0.556. The maximum absolute atomic E-state index is 12.1. The molecule has 1 saturated heterocycles. The first-order chi connectivity index (χ1) is 11.2. The van der Waals surface area contributed by atoms with Gasteiger partial charge in [-0.15, -0.1) is 0 Å². The lowest BCUT2D eigenvalue weighted by Gasteiger charge is -2.38. The number of carbonyl (C=O) groups is 2. The van der Waals surface area contributed by atoms with Gasteiger partial charge in [-0.05, 0) is 31.2 Å². The van der Waals surface area contributed by atoms with Crippen LogP contribution in [0.15, 0.2) is 30.3 Å². The van der Waals surface area contributed by atoms with E-state index in [1.165, 1.54) is 0 Å². The fourth-order valence-corrected chi connectivity index (χ4v) is 3.09. The predicted molar refractivity (Wildman–Crippen MR) is 84.9 cm³/mol. The third kappa shape index (κ3) is 4.32. The average molecular weight is 317 g/mol. The number of rotatable bonds is 5. The molecule has 0 N–H and O–H groups in total. The minimum Gasteiger partial charge on any atom is -0.445 e. The van der Waals surface area contributed by atoms with Gasteiger partial charge in [0.15, 0.2) is 0 Å². The second-order valence-electron chi connectivity index (χ2n) is 6.35. The molecular formula is C18H23NO4. The number of nitrogens with zero attached hydrogens (tertiary/aromatic N) is 1. The lowest BCUT2D eigenvalue weighted by atomic mass is 9.83. The fourth-order valence-electron chi connectivity index (χ4n) is 3.09. The summed E-state index contributed by atoms with van der Waals surface area (Å²) in [6, 6.07) is 9.69. The molecule has 0 spiro atoms. The Morgan fingerprint density at radius 3 is 2.48 bits per heavy atom. The van der Waals surface area contributed by atoms with E-state index < -0.39 is 0 Å². The summed E-state index contributed by atoms with van der Waals surface area (Å²) in [5.41, 5.74) is 0.994. The maximum Gasteiger partial charge on any atom is 0.410 e. The molecule has 1 heterocycles. The Hall–Kier alpha value is -1.88. The third-order valence-electron chi connectivity index (χ3n) is 4.61. The van der Waals surface area contributed by atoms with Gasteiger partial charge in [0.05, 0.1) is 12.2 Å². The van der Waals surface area contributed by atoms with E-state index in [1.807, 2.05) is 30.3 Å². The van der Waals surface area contributed by atoms with Crippen LogP contribution in [0.25, 0.3) is 0 Å². The van der Waals surface area contributed by atoms with Crippen molar-refractivity contribution in [2.24, 2.45) is 5.92 Å². The summed E-state index contributed by atoms with van der Waals surface area (Å²) in [6.45, 7) is 1.65. The zero-order valence-electron chi connectivity index (χ0n) is 13.2. The number of hydrogen-bond acceptors (Lipinski definition) is 4. The van der Waals surface area contributed by atoms with Gasteiger partial charge < -0.3 is 19.2 Å². The Kier molecular flexibility index (Phi) is 5.28. The van der Waals surface area contributed by atoms with Crippen LogP contribution in [-0.2, 0) is 20.9 Å². The highest BCUT2D eigenvalue weighted by atomic mass is 16.6. The monoisotopic (exact) mass is 317 g/mol. The molecule has 2 fully saturated rings. The van der Waals surface area contributed by atoms with E-state index in [4.69, 9.17) is 9.47 Å². The van der Waals surface area contributed by atoms with Crippen LogP contribution in [0.3, 0.4) is 0 Å². The molecule has 23 heavy (non-hydrogen) atoms. The number of ether oxygens (including phenoxy) is 2. The molecule has 0 unspecified atom stereocenters. The topological polar surface area (TPSA) is 55.8 Å². The lowest BCUT2D eigenvalue weighted by Crippen LogP contribution is -2.43. The summed E-state index contributed by atoms with van der Waals surface area (Å²) in [4.78, 5) is 24.4. The van der Waals surface area contributed by atoms with Crippen LogP contribution in [0.1, 0.15) is 31.2 Å². The first-order valence-electron chi connectivity index (χ1n) is 8.31. The Bertz CT molecular complexity index is 519. The molecule has 0 bridgehead atoms. The molecule has 1 amide bonds. The van der Waals surface area contributed by atoms with Gasteiger partial charge in [0.1, 0.15) is 12.9 Å². The molecule has 124 valence electrons. The van der Waals surface area contributed by atoms with Gasteiger partial charge in [-0.3, -0.25) is 0 Å². The van der Waals surface area contributed by atoms with Crippen molar-refractivity contribution in [3.8, 4) is 0 Å². The van der Waals surface area contributed by atoms with Gasteiger partial charge in [-0.2, -0.15) is 0 Å². The van der Waals surface area contributed by atoms with Gasteiger partial charge in [0, 0.05) is 19.0 Å². The second kappa shape index (κ2) is 7.59. The van der Waals surface area contributed by atoms with Crippen LogP contribution < -0.4 is 0 Å². The van der Waals surface area contributed by atoms with Gasteiger partial charge in [-0.1, -0.05) is 30.3 Å². The molecule has 1 aromatic carbocycles. The molecule has 1 aromatic rings. The van der Waals surface area contributed by atoms with E-state index >= 15 is 0 Å². The summed E-state index contributed by atoms with van der Waals surface area (Å²) in [5, 5.41) is 0. The Morgan fingerprint density at radius 1 is 1.13 bits per heavy atom. The number of aldehydes is 1. The van der Waals surface area contributed by atoms with E-state index in [0.29, 0.717) is 19.7 Å². The van der Waals surface area contributed by atoms with Crippen LogP contribution in [0, 0.1) is 5.92 Å². The minimum atomic E-state index is -0.253. The van der Waals surface area contributed by atoms with Crippen molar-refractivity contribution in [3.63, 3.8) is 0 Å². The molecule has 5 nitrogen and oxygen atoms in total. The predicted octanol–water partition coefficient (Wildman–Crippen LogP) is 2.78. The van der Waals surface area contributed by atoms with E-state index in [-0.39, 0.29) is 24.2 Å². The van der Waals surface area contributed by atoms with Gasteiger partial charge >= 0.3 is 6.09 Å². The molecule has 1 aliphatic carbocycles. The van der Waals surface area contributed by atoms with Crippen LogP contribution in [0.5, 0.6) is 0 Å². The Labute approximate surface area is 136 Å². The maximum atomic E-state index is 12.1. The normalized spacial score (nSPS) is 24.8. The Morgan fingerprint density at radius 2 is 1.83 bits per heavy atom. The summed E-state index contributed by atoms with van der Waals surface area (Å²) in [7, 11) is 0. The first-order valence-corrected chi connectivity index (χ1v) is 8.31. The average Bonchev–Trinajstić information content (AvgIpc) is 2.57. The van der Waals surface area contributed by atoms with Crippen molar-refractivity contribution < 1.29 is 19.1 Å². The number of amides is 1. The highest BCUT2D eigenvalue weighted by Crippen LogP contribution is 2.31. The van der Waals surface area contributed by atoms with Crippen molar-refractivity contribution >= 4 is 12.4 Å². The third-order valence-corrected chi connectivity index (χ3v) is 4.61. The van der Waals surface area contributed by atoms with Gasteiger partial charge in [-0.25, -0.2) is 4.79 Å². The van der Waals surface area contributed by atoms with Crippen LogP contribution in [0.2, 0.25) is 0 Å². The molecule has 3 rings (SSSR count). The SMILES string of the molecule is O=CC1CC(OC2CCN(C(=O)OCc3ccccc3)CC2)C1. The van der Waals surface area contributed by atoms with Crippen LogP contribution in [0.4, 0.5) is 4.79 Å². The van der Waals surface area contributed by atoms with E-state index in [9.17, 15) is 9.59 Å². The number of likely N-dealkylation sites (tertiary alicyclic amines) is 1. The quantitative estimate of drug-likeness (QED) is 0.784. The van der Waals surface area contributed by atoms with E-state index in [2.05, 4.69) is 0 Å². The molecule has 5 heteroatoms. The highest BCUT2D eigenvalue weighted by Gasteiger charge is 2.33. The number of benzene rings is 1. The molecule has 0 aromatic heterocycles. The van der Waals surface area contributed by atoms with Crippen molar-refractivity contribution in [1.82, 2.24) is 4.90 Å². The minimum absolute atomic E-state index is 0.188. The van der Waals surface area contributed by atoms with Gasteiger partial charge in [0.2, 0.25) is 0 Å². The smallest absolute Gasteiger partial charge is 0.410 e. The summed E-state index contributed by atoms with van der Waals surface area (Å²) >= 11 is 0. The highest BCUT2D eigenvalue weighted by molar-refractivity contribution is 5.67. The van der Waals surface area contributed by atoms with E-state index in [1.54, 1.807) is 4.90 Å². The van der Waals surface area contributed by atoms with Crippen molar-refractivity contribution in [2.45, 2.75) is 44.5 Å². The summed E-state index contributed by atoms with van der Waals surface area (Å²) in [5.74, 6) is 0.188. The number of hydrogen-bond donors (Lipinski definition) is 0. The van der Waals surface area contributed by atoms with Crippen LogP contribution >= 0.6 is 0 Å². The molecule has 2 aliphatic rings. The molecule has 1 saturated carbocycles. The first kappa shape index (κ1) is 16.0. The van der Waals surface area contributed by atoms with Crippen molar-refractivity contribution in [2.75, 3.05) is 13.1 Å². The van der Waals surface area contributed by atoms with E-state index in [0.717, 1.165) is 37.5 Å². The molecule has 0 atom stereocenters. The van der Waals surface area contributed by atoms with Crippen molar-refractivity contribution in [1.29, 1.82) is 0 Å². The van der Waals surface area contributed by atoms with Gasteiger partial charge in [0.25, 0.3) is 0 Å². The molecule has 1 aliphatic heterocycles. The standard InChI is InChI=1S/C18H23NO4/c20-12-15-10-17(11-15)23-16-6-8-19(9-7-16)18(21)22-13-14-4-2-1-3-5-14/h1-5,12,15-17H,6-11,13H2. The Balaban J connectivity index is 1.35. The second-order valence-corrected chi connectivity index (χ2v) is 6.35.